The van der Waals surface area contributed by atoms with Crippen molar-refractivity contribution < 1.29 is 4.12 Å². The molecule has 4 fully saturated rings. The van der Waals surface area contributed by atoms with Crippen LogP contribution in [0.25, 0.3) is 0 Å². The van der Waals surface area contributed by atoms with Crippen LogP contribution in [0.1, 0.15) is 77.0 Å². The predicted molar refractivity (Wildman–Crippen MR) is 104 cm³/mol. The maximum absolute atomic E-state index is 6.99. The van der Waals surface area contributed by atoms with E-state index in [0.717, 1.165) is 34.8 Å². The summed E-state index contributed by atoms with van der Waals surface area (Å²) >= 11 is 0. The maximum Gasteiger partial charge on any atom is 0.163 e. The van der Waals surface area contributed by atoms with E-state index in [4.69, 9.17) is 4.12 Å². The summed E-state index contributed by atoms with van der Waals surface area (Å²) in [6.45, 7) is 5.16. The second kappa shape index (κ2) is 7.33. The molecular formula is C20H38OSi2. The highest BCUT2D eigenvalue weighted by atomic mass is 28.4. The summed E-state index contributed by atoms with van der Waals surface area (Å²) in [6.07, 6.45) is 18.4. The minimum Gasteiger partial charge on any atom is -0.460 e. The quantitative estimate of drug-likeness (QED) is 0.595. The van der Waals surface area contributed by atoms with Crippen LogP contribution in [0.4, 0.5) is 0 Å². The third-order valence-electron chi connectivity index (χ3n) is 8.41. The molecule has 132 valence electrons. The molecule has 4 aliphatic rings. The van der Waals surface area contributed by atoms with Gasteiger partial charge in [-0.1, -0.05) is 77.0 Å². The number of hydrogen-bond acceptors (Lipinski definition) is 1. The average Bonchev–Trinajstić information content (AvgIpc) is 3.19. The monoisotopic (exact) mass is 350 g/mol. The molecule has 0 aromatic carbocycles. The molecule has 0 saturated heterocycles. The number of hydrogen-bond donors (Lipinski definition) is 0. The highest BCUT2D eigenvalue weighted by Crippen LogP contribution is 2.52. The number of rotatable bonds is 4. The molecule has 0 spiro atoms. The number of fused-ring (bicyclic) bond motifs is 2. The van der Waals surface area contributed by atoms with E-state index >= 15 is 0 Å². The van der Waals surface area contributed by atoms with Crippen LogP contribution < -0.4 is 0 Å². The fourth-order valence-electron chi connectivity index (χ4n) is 7.26. The molecule has 0 N–H and O–H groups in total. The van der Waals surface area contributed by atoms with Gasteiger partial charge in [0, 0.05) is 0 Å². The summed E-state index contributed by atoms with van der Waals surface area (Å²) in [5.74, 6) is 4.35. The van der Waals surface area contributed by atoms with Gasteiger partial charge in [-0.25, -0.2) is 0 Å². The molecule has 8 atom stereocenters. The lowest BCUT2D eigenvalue weighted by molar-refractivity contribution is 0.266. The van der Waals surface area contributed by atoms with Crippen molar-refractivity contribution in [3.05, 3.63) is 0 Å². The summed E-state index contributed by atoms with van der Waals surface area (Å²) < 4.78 is 6.99. The maximum atomic E-state index is 6.99. The van der Waals surface area contributed by atoms with Gasteiger partial charge in [-0.15, -0.1) is 0 Å². The lowest BCUT2D eigenvalue weighted by Crippen LogP contribution is -2.36. The first-order valence-corrected chi connectivity index (χ1v) is 15.5. The normalized spacial score (nSPS) is 46.2. The van der Waals surface area contributed by atoms with Crippen LogP contribution in [-0.2, 0) is 4.12 Å². The van der Waals surface area contributed by atoms with Crippen molar-refractivity contribution in [2.24, 2.45) is 23.7 Å². The van der Waals surface area contributed by atoms with E-state index < -0.39 is 18.1 Å². The fraction of sp³-hybridized carbons (Fsp3) is 1.00. The van der Waals surface area contributed by atoms with Gasteiger partial charge >= 0.3 is 0 Å². The second-order valence-electron chi connectivity index (χ2n) is 9.45. The molecule has 0 aromatic heterocycles. The molecule has 8 unspecified atom stereocenters. The van der Waals surface area contributed by atoms with Gasteiger partial charge in [-0.05, 0) is 47.8 Å². The van der Waals surface area contributed by atoms with Gasteiger partial charge in [0.1, 0.15) is 0 Å². The molecule has 4 rings (SSSR count). The van der Waals surface area contributed by atoms with Gasteiger partial charge in [-0.3, -0.25) is 0 Å². The van der Waals surface area contributed by atoms with Crippen LogP contribution in [-0.4, -0.2) is 18.1 Å². The van der Waals surface area contributed by atoms with Gasteiger partial charge < -0.3 is 4.12 Å². The predicted octanol–water partition coefficient (Wildman–Crippen LogP) is 5.65. The summed E-state index contributed by atoms with van der Waals surface area (Å²) in [4.78, 5) is 0. The first-order valence-electron chi connectivity index (χ1n) is 10.9. The molecule has 4 aliphatic carbocycles. The fourth-order valence-corrected chi connectivity index (χ4v) is 15.3. The first-order chi connectivity index (χ1) is 11.2. The van der Waals surface area contributed by atoms with E-state index in [0.29, 0.717) is 0 Å². The Morgan fingerprint density at radius 2 is 1.00 bits per heavy atom. The Labute approximate surface area is 147 Å². The van der Waals surface area contributed by atoms with Crippen molar-refractivity contribution in [1.29, 1.82) is 0 Å². The van der Waals surface area contributed by atoms with E-state index in [1.807, 2.05) is 0 Å². The SMILES string of the molecule is C[SiH](O[SiH](C)C1CCC2CCCCC21)C1CCC2CCCCC21. The topological polar surface area (TPSA) is 9.23 Å². The largest absolute Gasteiger partial charge is 0.460 e. The lowest BCUT2D eigenvalue weighted by atomic mass is 9.82. The molecule has 0 aliphatic heterocycles. The van der Waals surface area contributed by atoms with E-state index in [-0.39, 0.29) is 0 Å². The summed E-state index contributed by atoms with van der Waals surface area (Å²) in [7, 11) is -1.90. The van der Waals surface area contributed by atoms with Gasteiger partial charge in [-0.2, -0.15) is 0 Å². The van der Waals surface area contributed by atoms with Crippen molar-refractivity contribution in [2.45, 2.75) is 101 Å². The molecule has 3 heteroatoms. The minimum atomic E-state index is -0.951. The standard InChI is InChI=1S/C20H38OSi2/c1-22(19-13-11-15-7-3-5-9-17(15)19)21-23(2)20-14-12-16-8-4-6-10-18(16)20/h15-20,22-23H,3-14H2,1-2H3. The van der Waals surface area contributed by atoms with Crippen LogP contribution in [0.15, 0.2) is 0 Å². The van der Waals surface area contributed by atoms with Crippen LogP contribution in [0.2, 0.25) is 24.2 Å². The zero-order valence-corrected chi connectivity index (χ0v) is 17.8. The molecule has 4 saturated carbocycles. The Balaban J connectivity index is 1.34. The smallest absolute Gasteiger partial charge is 0.163 e. The summed E-state index contributed by atoms with van der Waals surface area (Å²) in [6, 6.07) is 0. The summed E-state index contributed by atoms with van der Waals surface area (Å²) in [5.41, 5.74) is 2.08. The Morgan fingerprint density at radius 1 is 0.565 bits per heavy atom. The third-order valence-corrected chi connectivity index (χ3v) is 15.9. The Kier molecular flexibility index (Phi) is 5.37. The lowest BCUT2D eigenvalue weighted by Gasteiger charge is -2.36. The van der Waals surface area contributed by atoms with Gasteiger partial charge in [0.05, 0.1) is 0 Å². The van der Waals surface area contributed by atoms with Crippen LogP contribution in [0.5, 0.6) is 0 Å². The van der Waals surface area contributed by atoms with Crippen LogP contribution in [0.3, 0.4) is 0 Å². The first kappa shape index (κ1) is 16.8. The highest BCUT2D eigenvalue weighted by molar-refractivity contribution is 6.66. The van der Waals surface area contributed by atoms with Gasteiger partial charge in [0.25, 0.3) is 0 Å². The molecule has 1 nitrogen and oxygen atoms in total. The molecule has 0 heterocycles. The third kappa shape index (κ3) is 3.39. The Morgan fingerprint density at radius 3 is 1.48 bits per heavy atom. The molecule has 0 aromatic rings. The average molecular weight is 351 g/mol. The Hall–Kier alpha value is 0.394. The van der Waals surface area contributed by atoms with Crippen molar-refractivity contribution in [2.75, 3.05) is 0 Å². The zero-order valence-electron chi connectivity index (χ0n) is 15.5. The van der Waals surface area contributed by atoms with E-state index in [1.54, 1.807) is 38.5 Å². The molecule has 0 radical (unpaired) electrons. The van der Waals surface area contributed by atoms with Gasteiger partial charge in [0.2, 0.25) is 0 Å². The van der Waals surface area contributed by atoms with Crippen LogP contribution >= 0.6 is 0 Å². The second-order valence-corrected chi connectivity index (χ2v) is 15.1. The van der Waals surface area contributed by atoms with E-state index in [2.05, 4.69) is 13.1 Å². The minimum absolute atomic E-state index is 0.951. The van der Waals surface area contributed by atoms with Crippen molar-refractivity contribution in [1.82, 2.24) is 0 Å². The van der Waals surface area contributed by atoms with Crippen molar-refractivity contribution in [3.8, 4) is 0 Å². The molecule has 0 amide bonds. The van der Waals surface area contributed by atoms with Gasteiger partial charge in [0.15, 0.2) is 18.1 Å². The summed E-state index contributed by atoms with van der Waals surface area (Å²) in [5, 5.41) is 0. The van der Waals surface area contributed by atoms with E-state index in [9.17, 15) is 0 Å². The van der Waals surface area contributed by atoms with Crippen molar-refractivity contribution >= 4 is 18.1 Å². The van der Waals surface area contributed by atoms with Crippen molar-refractivity contribution in [3.63, 3.8) is 0 Å². The molecule has 0 bridgehead atoms. The Bertz CT molecular complexity index is 365. The zero-order chi connectivity index (χ0) is 15.8. The molecule has 23 heavy (non-hydrogen) atoms. The molecular weight excluding hydrogens is 312 g/mol. The van der Waals surface area contributed by atoms with Crippen LogP contribution in [0, 0.1) is 23.7 Å². The van der Waals surface area contributed by atoms with E-state index in [1.165, 1.54) is 38.5 Å². The highest BCUT2D eigenvalue weighted by Gasteiger charge is 2.44.